The molecule has 28 heavy (non-hydrogen) atoms. The molecular weight excluding hydrogens is 378 g/mol. The molecule has 2 fully saturated rings. The van der Waals surface area contributed by atoms with Crippen LogP contribution in [0.4, 0.5) is 0 Å². The first-order chi connectivity index (χ1) is 13.2. The molecule has 1 aliphatic heterocycles. The van der Waals surface area contributed by atoms with Crippen LogP contribution >= 0.6 is 0 Å². The average Bonchev–Trinajstić information content (AvgIpc) is 3.49. The number of hydrogen-bond donors (Lipinski definition) is 1. The zero-order valence-corrected chi connectivity index (χ0v) is 17.9. The smallest absolute Gasteiger partial charge is 0.251 e. The number of amides is 1. The maximum absolute atomic E-state index is 13.0. The van der Waals surface area contributed by atoms with Gasteiger partial charge in [0.05, 0.1) is 17.1 Å². The summed E-state index contributed by atoms with van der Waals surface area (Å²) in [5, 5.41) is 2.93. The van der Waals surface area contributed by atoms with Gasteiger partial charge >= 0.3 is 0 Å². The number of morpholine rings is 1. The van der Waals surface area contributed by atoms with Crippen LogP contribution in [0.25, 0.3) is 0 Å². The number of hydrogen-bond acceptors (Lipinski definition) is 5. The molecule has 2 aliphatic rings. The molecule has 0 spiro atoms. The molecule has 8 heteroatoms. The molecule has 1 saturated carbocycles. The summed E-state index contributed by atoms with van der Waals surface area (Å²) in [7, 11) is -1.59. The van der Waals surface area contributed by atoms with Crippen molar-refractivity contribution in [2.45, 2.75) is 62.8 Å². The van der Waals surface area contributed by atoms with E-state index in [0.717, 1.165) is 0 Å². The second-order valence-corrected chi connectivity index (χ2v) is 10.0. The highest BCUT2D eigenvalue weighted by atomic mass is 32.2. The van der Waals surface area contributed by atoms with Crippen LogP contribution in [-0.2, 0) is 14.8 Å². The van der Waals surface area contributed by atoms with Crippen molar-refractivity contribution >= 4 is 15.9 Å². The minimum atomic E-state index is -3.67. The number of benzene rings is 1. The Balaban J connectivity index is 1.68. The lowest BCUT2D eigenvalue weighted by Gasteiger charge is -2.34. The fourth-order valence-electron chi connectivity index (χ4n) is 3.60. The number of ether oxygens (including phenoxy) is 1. The third-order valence-electron chi connectivity index (χ3n) is 5.50. The van der Waals surface area contributed by atoms with E-state index < -0.39 is 10.0 Å². The highest BCUT2D eigenvalue weighted by Gasteiger charge is 2.32. The van der Waals surface area contributed by atoms with E-state index in [2.05, 4.69) is 24.2 Å². The molecule has 3 unspecified atom stereocenters. The number of nitrogens with zero attached hydrogens (tertiary/aromatic N) is 2. The minimum absolute atomic E-state index is 0.143. The van der Waals surface area contributed by atoms with Crippen molar-refractivity contribution < 1.29 is 17.9 Å². The minimum Gasteiger partial charge on any atom is -0.373 e. The standard InChI is InChI=1S/C20H31N3O4S/c1-14(22(4)18-8-9-18)11-21-20(24)17-6-5-7-19(10-17)28(25,26)23-12-15(2)27-16(3)13-23/h5-7,10,14-16,18H,8-9,11-13H2,1-4H3,(H,21,24). The van der Waals surface area contributed by atoms with Crippen LogP contribution < -0.4 is 5.32 Å². The summed E-state index contributed by atoms with van der Waals surface area (Å²) in [6.45, 7) is 6.97. The lowest BCUT2D eigenvalue weighted by atomic mass is 10.2. The molecule has 0 aromatic heterocycles. The van der Waals surface area contributed by atoms with Crippen LogP contribution in [0.2, 0.25) is 0 Å². The Hall–Kier alpha value is -1.48. The first-order valence-electron chi connectivity index (χ1n) is 9.94. The molecule has 1 amide bonds. The Kier molecular flexibility index (Phi) is 6.44. The van der Waals surface area contributed by atoms with E-state index in [1.54, 1.807) is 18.2 Å². The summed E-state index contributed by atoms with van der Waals surface area (Å²) in [6, 6.07) is 7.13. The molecule has 3 atom stereocenters. The largest absolute Gasteiger partial charge is 0.373 e. The molecule has 0 bridgehead atoms. The predicted molar refractivity (Wildman–Crippen MR) is 108 cm³/mol. The maximum Gasteiger partial charge on any atom is 0.251 e. The number of carbonyl (C=O) groups is 1. The van der Waals surface area contributed by atoms with Crippen LogP contribution in [-0.4, -0.2) is 74.5 Å². The molecule has 1 heterocycles. The zero-order valence-electron chi connectivity index (χ0n) is 17.1. The van der Waals surface area contributed by atoms with Crippen molar-refractivity contribution in [3.63, 3.8) is 0 Å². The summed E-state index contributed by atoms with van der Waals surface area (Å²) >= 11 is 0. The van der Waals surface area contributed by atoms with Gasteiger partial charge in [0.2, 0.25) is 10.0 Å². The van der Waals surface area contributed by atoms with Crippen LogP contribution in [0.5, 0.6) is 0 Å². The van der Waals surface area contributed by atoms with Crippen LogP contribution in [0.3, 0.4) is 0 Å². The van der Waals surface area contributed by atoms with Gasteiger partial charge in [-0.3, -0.25) is 9.69 Å². The van der Waals surface area contributed by atoms with Gasteiger partial charge in [-0.2, -0.15) is 4.31 Å². The van der Waals surface area contributed by atoms with E-state index in [1.807, 2.05) is 13.8 Å². The molecule has 156 valence electrons. The van der Waals surface area contributed by atoms with Gasteiger partial charge in [0.25, 0.3) is 5.91 Å². The fourth-order valence-corrected chi connectivity index (χ4v) is 5.24. The Labute approximate surface area is 168 Å². The summed E-state index contributed by atoms with van der Waals surface area (Å²) in [5.74, 6) is -0.253. The van der Waals surface area contributed by atoms with Gasteiger partial charge in [-0.05, 0) is 58.9 Å². The van der Waals surface area contributed by atoms with Gasteiger partial charge in [-0.15, -0.1) is 0 Å². The van der Waals surface area contributed by atoms with E-state index in [9.17, 15) is 13.2 Å². The Morgan fingerprint density at radius 1 is 1.29 bits per heavy atom. The molecular formula is C20H31N3O4S. The summed E-state index contributed by atoms with van der Waals surface area (Å²) in [5.41, 5.74) is 0.358. The highest BCUT2D eigenvalue weighted by Crippen LogP contribution is 2.26. The number of carbonyl (C=O) groups excluding carboxylic acids is 1. The van der Waals surface area contributed by atoms with Gasteiger partial charge in [0.1, 0.15) is 0 Å². The first-order valence-corrected chi connectivity index (χ1v) is 11.4. The lowest BCUT2D eigenvalue weighted by molar-refractivity contribution is -0.0440. The first kappa shape index (κ1) is 21.2. The number of nitrogens with one attached hydrogen (secondary N) is 1. The van der Waals surface area contributed by atoms with Crippen molar-refractivity contribution in [3.8, 4) is 0 Å². The summed E-state index contributed by atoms with van der Waals surface area (Å²) in [4.78, 5) is 15.0. The third kappa shape index (κ3) is 4.92. The molecule has 3 rings (SSSR count). The lowest BCUT2D eigenvalue weighted by Crippen LogP contribution is -2.48. The van der Waals surface area contributed by atoms with Gasteiger partial charge < -0.3 is 10.1 Å². The SMILES string of the molecule is CC1CN(S(=O)(=O)c2cccc(C(=O)NCC(C)N(C)C3CC3)c2)CC(C)O1. The van der Waals surface area contributed by atoms with Crippen molar-refractivity contribution in [2.24, 2.45) is 0 Å². The Morgan fingerprint density at radius 2 is 1.93 bits per heavy atom. The normalized spacial score (nSPS) is 24.9. The highest BCUT2D eigenvalue weighted by molar-refractivity contribution is 7.89. The third-order valence-corrected chi connectivity index (χ3v) is 7.32. The fraction of sp³-hybridized carbons (Fsp3) is 0.650. The molecule has 1 aliphatic carbocycles. The monoisotopic (exact) mass is 409 g/mol. The second-order valence-electron chi connectivity index (χ2n) is 8.06. The Bertz CT molecular complexity index is 799. The summed E-state index contributed by atoms with van der Waals surface area (Å²) in [6.07, 6.45) is 2.12. The number of sulfonamides is 1. The molecule has 1 saturated heterocycles. The maximum atomic E-state index is 13.0. The van der Waals surface area contributed by atoms with Crippen molar-refractivity contribution in [1.82, 2.24) is 14.5 Å². The van der Waals surface area contributed by atoms with Crippen molar-refractivity contribution in [3.05, 3.63) is 29.8 Å². The van der Waals surface area contributed by atoms with Crippen LogP contribution in [0.1, 0.15) is 44.0 Å². The molecule has 1 N–H and O–H groups in total. The topological polar surface area (TPSA) is 79.0 Å². The number of likely N-dealkylation sites (N-methyl/N-ethyl adjacent to an activating group) is 1. The van der Waals surface area contributed by atoms with Gasteiger partial charge in [-0.25, -0.2) is 8.42 Å². The molecule has 7 nitrogen and oxygen atoms in total. The number of rotatable bonds is 7. The van der Waals surface area contributed by atoms with Crippen LogP contribution in [0.15, 0.2) is 29.2 Å². The van der Waals surface area contributed by atoms with Gasteiger partial charge in [0, 0.05) is 37.3 Å². The van der Waals surface area contributed by atoms with Crippen molar-refractivity contribution in [2.75, 3.05) is 26.7 Å². The zero-order chi connectivity index (χ0) is 20.5. The van der Waals surface area contributed by atoms with E-state index in [-0.39, 0.29) is 29.1 Å². The average molecular weight is 410 g/mol. The van der Waals surface area contributed by atoms with E-state index in [1.165, 1.54) is 23.2 Å². The van der Waals surface area contributed by atoms with Crippen molar-refractivity contribution in [1.29, 1.82) is 0 Å². The predicted octanol–water partition coefficient (Wildman–Crippen LogP) is 1.70. The molecule has 1 aromatic carbocycles. The quantitative estimate of drug-likeness (QED) is 0.742. The van der Waals surface area contributed by atoms with Crippen LogP contribution in [0, 0.1) is 0 Å². The van der Waals surface area contributed by atoms with E-state index >= 15 is 0 Å². The van der Waals surface area contributed by atoms with Gasteiger partial charge in [0.15, 0.2) is 0 Å². The van der Waals surface area contributed by atoms with Gasteiger partial charge in [-0.1, -0.05) is 6.07 Å². The molecule has 1 aromatic rings. The second kappa shape index (κ2) is 8.49. The van der Waals surface area contributed by atoms with E-state index in [4.69, 9.17) is 4.74 Å². The summed E-state index contributed by atoms with van der Waals surface area (Å²) < 4.78 is 33.1. The molecule has 0 radical (unpaired) electrons. The van der Waals surface area contributed by atoms with E-state index in [0.29, 0.717) is 31.2 Å². The Morgan fingerprint density at radius 3 is 2.54 bits per heavy atom.